The van der Waals surface area contributed by atoms with Gasteiger partial charge in [-0.25, -0.2) is 18.5 Å². The average molecular weight is 783 g/mol. The molecule has 5 amide bonds. The monoisotopic (exact) mass is 782 g/mol. The second-order valence-electron chi connectivity index (χ2n) is 11.3. The van der Waals surface area contributed by atoms with Crippen molar-refractivity contribution in [3.8, 4) is 0 Å². The van der Waals surface area contributed by atoms with Crippen molar-refractivity contribution in [3.63, 3.8) is 0 Å². The lowest BCUT2D eigenvalue weighted by atomic mass is 10.0. The normalized spacial score (nSPS) is 24.1. The van der Waals surface area contributed by atoms with Crippen molar-refractivity contribution in [2.45, 2.75) is 75.8 Å². The number of aliphatic hydroxyl groups is 1. The summed E-state index contributed by atoms with van der Waals surface area (Å²) in [5.74, 6) is -2.44. The Hall–Kier alpha value is -2.56. The van der Waals surface area contributed by atoms with Gasteiger partial charge in [0.25, 0.3) is 0 Å². The minimum absolute atomic E-state index is 0.0240. The first-order chi connectivity index (χ1) is 23.2. The van der Waals surface area contributed by atoms with Crippen molar-refractivity contribution in [1.29, 1.82) is 0 Å². The minimum atomic E-state index is -5.76. The standard InChI is InChI=1S/C23H45N8O16P3/c24-15(6-5-9-29-22(25)26)21(35)28-8-4-2-1-3-7-27-18(33)10-14-12-31(23(36)30-20(14)34)19-11-16(32)17(45-19)13-44-49(40,41)47-50(42,43)46-48(37,38)39/h14-17,19,32H,1-13,24H2,(H,27,33)(H,28,35)(H,40,41)(H,42,43)(H4,25,26,29)(H,30,34,36)(H2,37,38,39)/t14?,15-,16+,17-,19-/m1/s1. The molecule has 2 rings (SSSR count). The van der Waals surface area contributed by atoms with Crippen LogP contribution in [0.4, 0.5) is 4.79 Å². The minimum Gasteiger partial charge on any atom is -0.390 e. The second-order valence-corrected chi connectivity index (χ2v) is 15.7. The van der Waals surface area contributed by atoms with Crippen LogP contribution in [0, 0.1) is 5.92 Å². The number of nitrogens with two attached hydrogens (primary N) is 3. The van der Waals surface area contributed by atoms with Gasteiger partial charge in [0, 0.05) is 39.0 Å². The SMILES string of the molecule is NC(N)=NCCC[C@@H](N)C(=O)NCCCCCCNC(=O)CC1CN([C@H]2C[C@H](O)[C@@H](COP(=O)(O)OP(=O)(O)OP(=O)(O)O)O2)C(=O)NC1=O. The Morgan fingerprint density at radius 3 is 2.26 bits per heavy atom. The van der Waals surface area contributed by atoms with Gasteiger partial charge < -0.3 is 57.3 Å². The first-order valence-electron chi connectivity index (χ1n) is 15.3. The summed E-state index contributed by atoms with van der Waals surface area (Å²) in [6.07, 6.45) is -0.702. The fourth-order valence-corrected chi connectivity index (χ4v) is 7.77. The number of unbranched alkanes of at least 4 members (excludes halogenated alkanes) is 3. The van der Waals surface area contributed by atoms with Crippen LogP contribution in [-0.2, 0) is 46.0 Å². The van der Waals surface area contributed by atoms with E-state index in [0.29, 0.717) is 45.3 Å². The van der Waals surface area contributed by atoms with Crippen molar-refractivity contribution in [3.05, 3.63) is 0 Å². The van der Waals surface area contributed by atoms with E-state index in [9.17, 15) is 47.8 Å². The number of imide groups is 1. The Kier molecular flexibility index (Phi) is 17.3. The maximum Gasteiger partial charge on any atom is 0.490 e. The topological polar surface area (TPSA) is 387 Å². The fraction of sp³-hybridized carbons (Fsp3) is 0.783. The molecule has 0 aromatic heterocycles. The molecule has 0 bridgehead atoms. The zero-order chi connectivity index (χ0) is 37.7. The molecule has 2 aliphatic rings. The number of phosphoric ester groups is 1. The van der Waals surface area contributed by atoms with E-state index in [4.69, 9.17) is 31.7 Å². The number of phosphoric acid groups is 3. The molecule has 0 radical (unpaired) electrons. The van der Waals surface area contributed by atoms with Crippen LogP contribution >= 0.6 is 23.5 Å². The highest BCUT2D eigenvalue weighted by Crippen LogP contribution is 2.66. The highest BCUT2D eigenvalue weighted by Gasteiger charge is 2.46. The lowest BCUT2D eigenvalue weighted by molar-refractivity contribution is -0.134. The molecule has 0 aromatic rings. The number of amides is 5. The van der Waals surface area contributed by atoms with E-state index in [1.165, 1.54) is 0 Å². The van der Waals surface area contributed by atoms with Gasteiger partial charge in [0.2, 0.25) is 17.7 Å². The Morgan fingerprint density at radius 1 is 1.00 bits per heavy atom. The molecule has 0 aliphatic carbocycles. The summed E-state index contributed by atoms with van der Waals surface area (Å²) in [5.41, 5.74) is 16.3. The van der Waals surface area contributed by atoms with Crippen molar-refractivity contribution in [1.82, 2.24) is 20.9 Å². The van der Waals surface area contributed by atoms with Crippen molar-refractivity contribution in [2.75, 3.05) is 32.8 Å². The molecule has 2 aliphatic heterocycles. The van der Waals surface area contributed by atoms with Crippen molar-refractivity contribution < 1.29 is 75.4 Å². The van der Waals surface area contributed by atoms with Gasteiger partial charge in [-0.05, 0) is 25.7 Å². The van der Waals surface area contributed by atoms with E-state index in [0.717, 1.165) is 17.7 Å². The van der Waals surface area contributed by atoms with Crippen LogP contribution in [0.15, 0.2) is 4.99 Å². The number of aliphatic imine (C=N–C) groups is 1. The van der Waals surface area contributed by atoms with E-state index in [2.05, 4.69) is 34.1 Å². The maximum atomic E-state index is 12.5. The van der Waals surface area contributed by atoms with Gasteiger partial charge in [0.1, 0.15) is 12.3 Å². The van der Waals surface area contributed by atoms with E-state index < -0.39 is 78.3 Å². The molecule has 24 nitrogen and oxygen atoms in total. The van der Waals surface area contributed by atoms with Gasteiger partial charge >= 0.3 is 29.5 Å². The van der Waals surface area contributed by atoms with Crippen LogP contribution < -0.4 is 33.2 Å². The van der Waals surface area contributed by atoms with Gasteiger partial charge in [-0.1, -0.05) is 12.8 Å². The summed E-state index contributed by atoms with van der Waals surface area (Å²) in [5, 5.41) is 17.9. The molecular weight excluding hydrogens is 737 g/mol. The lowest BCUT2D eigenvalue weighted by Crippen LogP contribution is -2.58. The molecule has 14 N–H and O–H groups in total. The summed E-state index contributed by atoms with van der Waals surface area (Å²) in [7, 11) is -16.8. The number of urea groups is 1. The Labute approximate surface area is 286 Å². The zero-order valence-electron chi connectivity index (χ0n) is 26.8. The van der Waals surface area contributed by atoms with Crippen LogP contribution in [-0.4, -0.2) is 117 Å². The van der Waals surface area contributed by atoms with Gasteiger partial charge in [-0.2, -0.15) is 8.62 Å². The zero-order valence-corrected chi connectivity index (χ0v) is 29.5. The van der Waals surface area contributed by atoms with Crippen LogP contribution in [0.3, 0.4) is 0 Å². The van der Waals surface area contributed by atoms with Gasteiger partial charge in [0.05, 0.1) is 24.7 Å². The number of carbonyl (C=O) groups is 4. The van der Waals surface area contributed by atoms with E-state index >= 15 is 0 Å². The Morgan fingerprint density at radius 2 is 1.64 bits per heavy atom. The molecular formula is C23H45N8O16P3. The van der Waals surface area contributed by atoms with Crippen LogP contribution in [0.2, 0.25) is 0 Å². The molecule has 2 fully saturated rings. The second kappa shape index (κ2) is 19.9. The van der Waals surface area contributed by atoms with E-state index in [1.54, 1.807) is 0 Å². The number of nitrogens with one attached hydrogen (secondary N) is 3. The summed E-state index contributed by atoms with van der Waals surface area (Å²) in [6.45, 7) is -0.0846. The molecule has 0 spiro atoms. The third-order valence-corrected chi connectivity index (χ3v) is 10.9. The fourth-order valence-electron chi connectivity index (χ4n) is 4.74. The molecule has 27 heteroatoms. The molecule has 2 heterocycles. The van der Waals surface area contributed by atoms with Crippen LogP contribution in [0.5, 0.6) is 0 Å². The lowest BCUT2D eigenvalue weighted by Gasteiger charge is -2.35. The predicted octanol–water partition coefficient (Wildman–Crippen LogP) is -2.46. The molecule has 2 saturated heterocycles. The average Bonchev–Trinajstić information content (AvgIpc) is 3.34. The number of hydrogen-bond acceptors (Lipinski definition) is 14. The summed E-state index contributed by atoms with van der Waals surface area (Å²) < 4.78 is 51.4. The highest BCUT2D eigenvalue weighted by atomic mass is 31.3. The molecule has 7 atom stereocenters. The van der Waals surface area contributed by atoms with E-state index in [1.807, 2.05) is 0 Å². The van der Waals surface area contributed by atoms with E-state index in [-0.39, 0.29) is 31.3 Å². The number of ether oxygens (including phenoxy) is 1. The highest BCUT2D eigenvalue weighted by molar-refractivity contribution is 7.66. The quantitative estimate of drug-likeness (QED) is 0.0235. The smallest absolute Gasteiger partial charge is 0.390 e. The number of nitrogens with zero attached hydrogens (tertiary/aromatic N) is 2. The molecule has 50 heavy (non-hydrogen) atoms. The maximum absolute atomic E-state index is 12.5. The molecule has 0 saturated carbocycles. The van der Waals surface area contributed by atoms with Crippen LogP contribution in [0.25, 0.3) is 0 Å². The number of carbonyl (C=O) groups excluding carboxylic acids is 4. The first kappa shape index (κ1) is 43.6. The summed E-state index contributed by atoms with van der Waals surface area (Å²) in [6, 6.07) is -1.56. The molecule has 288 valence electrons. The Balaban J connectivity index is 1.70. The van der Waals surface area contributed by atoms with Gasteiger partial charge in [-0.3, -0.25) is 34.1 Å². The first-order valence-corrected chi connectivity index (χ1v) is 19.8. The number of aliphatic hydroxyl groups excluding tert-OH is 1. The van der Waals surface area contributed by atoms with Crippen molar-refractivity contribution >= 4 is 53.2 Å². The largest absolute Gasteiger partial charge is 0.490 e. The molecule has 0 aromatic carbocycles. The van der Waals surface area contributed by atoms with Gasteiger partial charge in [-0.15, -0.1) is 0 Å². The van der Waals surface area contributed by atoms with Crippen molar-refractivity contribution in [2.24, 2.45) is 28.1 Å². The van der Waals surface area contributed by atoms with Crippen LogP contribution in [0.1, 0.15) is 51.4 Å². The number of hydrogen-bond donors (Lipinski definition) is 11. The number of guanidine groups is 1. The third kappa shape index (κ3) is 16.6. The summed E-state index contributed by atoms with van der Waals surface area (Å²) >= 11 is 0. The number of rotatable bonds is 22. The summed E-state index contributed by atoms with van der Waals surface area (Å²) in [4.78, 5) is 90.4. The molecule has 3 unspecified atom stereocenters. The Bertz CT molecular complexity index is 1360. The van der Waals surface area contributed by atoms with Gasteiger partial charge in [0.15, 0.2) is 5.96 Å². The predicted molar refractivity (Wildman–Crippen MR) is 170 cm³/mol. The third-order valence-electron chi connectivity index (χ3n) is 7.11.